The monoisotopic (exact) mass is 293 g/mol. The van der Waals surface area contributed by atoms with Gasteiger partial charge in [0.25, 0.3) is 0 Å². The topological polar surface area (TPSA) is 39.1 Å². The summed E-state index contributed by atoms with van der Waals surface area (Å²) >= 11 is 6.13. The molecule has 0 bridgehead atoms. The summed E-state index contributed by atoms with van der Waals surface area (Å²) in [5.74, 6) is 0. The predicted octanol–water partition coefficient (Wildman–Crippen LogP) is 2.88. The summed E-state index contributed by atoms with van der Waals surface area (Å²) < 4.78 is 6.97. The Morgan fingerprint density at radius 3 is 2.75 bits per heavy atom. The van der Waals surface area contributed by atoms with Crippen LogP contribution in [0.15, 0.2) is 24.3 Å². The molecule has 0 aliphatic heterocycles. The van der Waals surface area contributed by atoms with Crippen LogP contribution in [0.2, 0.25) is 5.02 Å². The Bertz CT molecular complexity index is 580. The summed E-state index contributed by atoms with van der Waals surface area (Å²) in [4.78, 5) is 0. The van der Waals surface area contributed by atoms with E-state index >= 15 is 0 Å². The normalized spacial score (nSPS) is 11.0. The molecule has 2 aromatic rings. The molecular weight excluding hydrogens is 274 g/mol. The van der Waals surface area contributed by atoms with Crippen LogP contribution >= 0.6 is 11.6 Å². The molecule has 0 fully saturated rings. The van der Waals surface area contributed by atoms with Crippen LogP contribution in [-0.4, -0.2) is 30.0 Å². The van der Waals surface area contributed by atoms with Gasteiger partial charge in [-0.1, -0.05) is 17.7 Å². The fourth-order valence-electron chi connectivity index (χ4n) is 2.15. The third-order valence-corrected chi connectivity index (χ3v) is 3.32. The van der Waals surface area contributed by atoms with E-state index in [1.807, 2.05) is 36.7 Å². The third kappa shape index (κ3) is 3.60. The molecule has 0 unspecified atom stereocenters. The molecule has 5 heteroatoms. The highest BCUT2D eigenvalue weighted by Gasteiger charge is 2.09. The van der Waals surface area contributed by atoms with Gasteiger partial charge < -0.3 is 10.1 Å². The van der Waals surface area contributed by atoms with Crippen molar-refractivity contribution in [2.75, 3.05) is 20.3 Å². The molecule has 1 heterocycles. The van der Waals surface area contributed by atoms with Crippen molar-refractivity contribution in [3.63, 3.8) is 0 Å². The molecule has 0 saturated heterocycles. The second kappa shape index (κ2) is 6.88. The third-order valence-electron chi connectivity index (χ3n) is 3.08. The molecule has 0 spiro atoms. The number of hydrogen-bond donors (Lipinski definition) is 1. The molecule has 0 radical (unpaired) electrons. The minimum atomic E-state index is 0.697. The van der Waals surface area contributed by atoms with Gasteiger partial charge in [-0.25, -0.2) is 4.68 Å². The molecule has 0 amide bonds. The van der Waals surface area contributed by atoms with Crippen LogP contribution in [0.4, 0.5) is 0 Å². The number of benzene rings is 1. The van der Waals surface area contributed by atoms with Gasteiger partial charge >= 0.3 is 0 Å². The molecule has 0 atom stereocenters. The van der Waals surface area contributed by atoms with Crippen molar-refractivity contribution in [1.29, 1.82) is 0 Å². The first-order valence-corrected chi connectivity index (χ1v) is 7.01. The molecule has 1 aromatic carbocycles. The summed E-state index contributed by atoms with van der Waals surface area (Å²) in [6.45, 7) is 6.31. The number of aromatic nitrogens is 2. The summed E-state index contributed by atoms with van der Waals surface area (Å²) in [6, 6.07) is 7.95. The van der Waals surface area contributed by atoms with Gasteiger partial charge in [0, 0.05) is 30.9 Å². The van der Waals surface area contributed by atoms with E-state index in [1.165, 1.54) is 0 Å². The average Bonchev–Trinajstić information content (AvgIpc) is 2.75. The Hall–Kier alpha value is -1.36. The Morgan fingerprint density at radius 1 is 1.30 bits per heavy atom. The van der Waals surface area contributed by atoms with Gasteiger partial charge in [-0.2, -0.15) is 5.10 Å². The van der Waals surface area contributed by atoms with E-state index in [-0.39, 0.29) is 0 Å². The minimum absolute atomic E-state index is 0.697. The highest BCUT2D eigenvalue weighted by molar-refractivity contribution is 6.30. The van der Waals surface area contributed by atoms with Crippen LogP contribution in [-0.2, 0) is 11.3 Å². The number of ether oxygens (including phenoxy) is 1. The standard InChI is InChI=1S/C15H20ClN3O/c1-11-8-12(2)19(18-11)15-9-14(16)5-4-13(15)10-17-6-7-20-3/h4-5,8-9,17H,6-7,10H2,1-3H3. The Kier molecular flexibility index (Phi) is 5.17. The smallest absolute Gasteiger partial charge is 0.0708 e. The van der Waals surface area contributed by atoms with Gasteiger partial charge in [-0.15, -0.1) is 0 Å². The maximum absolute atomic E-state index is 6.13. The van der Waals surface area contributed by atoms with E-state index in [1.54, 1.807) is 7.11 Å². The number of aryl methyl sites for hydroxylation is 2. The number of hydrogen-bond acceptors (Lipinski definition) is 3. The highest BCUT2D eigenvalue weighted by atomic mass is 35.5. The summed E-state index contributed by atoms with van der Waals surface area (Å²) in [6.07, 6.45) is 0. The van der Waals surface area contributed by atoms with Crippen molar-refractivity contribution in [2.24, 2.45) is 0 Å². The van der Waals surface area contributed by atoms with Crippen LogP contribution in [0.25, 0.3) is 5.69 Å². The maximum atomic E-state index is 6.13. The van der Waals surface area contributed by atoms with E-state index in [0.717, 1.165) is 35.7 Å². The molecule has 20 heavy (non-hydrogen) atoms. The average molecular weight is 294 g/mol. The Morgan fingerprint density at radius 2 is 2.10 bits per heavy atom. The SMILES string of the molecule is COCCNCc1ccc(Cl)cc1-n1nc(C)cc1C. The van der Waals surface area contributed by atoms with Crippen LogP contribution in [0.3, 0.4) is 0 Å². The Balaban J connectivity index is 2.26. The van der Waals surface area contributed by atoms with Crippen LogP contribution in [0.5, 0.6) is 0 Å². The number of halogens is 1. The van der Waals surface area contributed by atoms with E-state index in [0.29, 0.717) is 11.6 Å². The number of nitrogens with zero attached hydrogens (tertiary/aromatic N) is 2. The molecule has 0 saturated carbocycles. The molecule has 108 valence electrons. The van der Waals surface area contributed by atoms with Crippen LogP contribution < -0.4 is 5.32 Å². The molecule has 2 rings (SSSR count). The van der Waals surface area contributed by atoms with Gasteiger partial charge in [0.15, 0.2) is 0 Å². The van der Waals surface area contributed by atoms with Crippen molar-refractivity contribution < 1.29 is 4.74 Å². The van der Waals surface area contributed by atoms with Crippen molar-refractivity contribution >= 4 is 11.6 Å². The maximum Gasteiger partial charge on any atom is 0.0708 e. The number of nitrogens with one attached hydrogen (secondary N) is 1. The Labute approximate surface area is 124 Å². The zero-order chi connectivity index (χ0) is 14.5. The first-order valence-electron chi connectivity index (χ1n) is 6.63. The molecular formula is C15H20ClN3O. The van der Waals surface area contributed by atoms with E-state index in [4.69, 9.17) is 16.3 Å². The van der Waals surface area contributed by atoms with Gasteiger partial charge in [-0.05, 0) is 37.6 Å². The van der Waals surface area contributed by atoms with E-state index in [2.05, 4.69) is 16.5 Å². The number of rotatable bonds is 6. The summed E-state index contributed by atoms with van der Waals surface area (Å²) in [5.41, 5.74) is 4.29. The van der Waals surface area contributed by atoms with Gasteiger partial charge in [0.05, 0.1) is 18.0 Å². The van der Waals surface area contributed by atoms with Crippen molar-refractivity contribution in [1.82, 2.24) is 15.1 Å². The van der Waals surface area contributed by atoms with Crippen LogP contribution in [0.1, 0.15) is 17.0 Å². The second-order valence-corrected chi connectivity index (χ2v) is 5.22. The summed E-state index contributed by atoms with van der Waals surface area (Å²) in [5, 5.41) is 8.60. The van der Waals surface area contributed by atoms with E-state index in [9.17, 15) is 0 Å². The largest absolute Gasteiger partial charge is 0.383 e. The second-order valence-electron chi connectivity index (χ2n) is 4.78. The highest BCUT2D eigenvalue weighted by Crippen LogP contribution is 2.21. The lowest BCUT2D eigenvalue weighted by Gasteiger charge is -2.12. The number of methoxy groups -OCH3 is 1. The van der Waals surface area contributed by atoms with Crippen LogP contribution in [0, 0.1) is 13.8 Å². The zero-order valence-electron chi connectivity index (χ0n) is 12.1. The van der Waals surface area contributed by atoms with Crippen molar-refractivity contribution in [2.45, 2.75) is 20.4 Å². The first-order chi connectivity index (χ1) is 9.61. The molecule has 0 aliphatic carbocycles. The lowest BCUT2D eigenvalue weighted by Crippen LogP contribution is -2.19. The lowest BCUT2D eigenvalue weighted by molar-refractivity contribution is 0.199. The van der Waals surface area contributed by atoms with Gasteiger partial charge in [0.2, 0.25) is 0 Å². The zero-order valence-corrected chi connectivity index (χ0v) is 12.9. The molecule has 1 aromatic heterocycles. The molecule has 1 N–H and O–H groups in total. The van der Waals surface area contributed by atoms with Crippen molar-refractivity contribution in [3.8, 4) is 5.69 Å². The van der Waals surface area contributed by atoms with Gasteiger partial charge in [-0.3, -0.25) is 0 Å². The first kappa shape index (κ1) is 15.0. The minimum Gasteiger partial charge on any atom is -0.383 e. The molecule has 4 nitrogen and oxygen atoms in total. The summed E-state index contributed by atoms with van der Waals surface area (Å²) in [7, 11) is 1.70. The fourth-order valence-corrected chi connectivity index (χ4v) is 2.32. The molecule has 0 aliphatic rings. The van der Waals surface area contributed by atoms with Gasteiger partial charge in [0.1, 0.15) is 0 Å². The quantitative estimate of drug-likeness (QED) is 0.833. The van der Waals surface area contributed by atoms with Crippen molar-refractivity contribution in [3.05, 3.63) is 46.2 Å². The fraction of sp³-hybridized carbons (Fsp3) is 0.400. The predicted molar refractivity (Wildman–Crippen MR) is 81.6 cm³/mol. The van der Waals surface area contributed by atoms with E-state index < -0.39 is 0 Å². The lowest BCUT2D eigenvalue weighted by atomic mass is 10.1.